The van der Waals surface area contributed by atoms with Crippen LogP contribution in [0.5, 0.6) is 0 Å². The fraction of sp³-hybridized carbons (Fsp3) is 0. The molecular weight excluding hydrogens is 253 g/mol. The highest BCUT2D eigenvalue weighted by molar-refractivity contribution is 6.31. The normalized spacial score (nSPS) is 11.4. The van der Waals surface area contributed by atoms with E-state index in [0.29, 0.717) is 0 Å². The van der Waals surface area contributed by atoms with Gasteiger partial charge in [-0.05, 0) is 33.0 Å². The molecule has 0 aliphatic heterocycles. The standard InChI is InChI=1S/C19H11N.B/c1-4-12-5-3-9-16-17(12)14(7-1)15-8-2-6-13-10-11-20-19(16)18(13)15;/h1-11H;. The molecule has 0 aliphatic rings. The minimum Gasteiger partial charge on any atom is -0.256 e. The van der Waals surface area contributed by atoms with Crippen LogP contribution in [0, 0.1) is 0 Å². The number of pyridine rings is 1. The van der Waals surface area contributed by atoms with Crippen LogP contribution in [0.4, 0.5) is 0 Å². The summed E-state index contributed by atoms with van der Waals surface area (Å²) in [4.78, 5) is 4.66. The van der Waals surface area contributed by atoms with Crippen molar-refractivity contribution in [1.29, 1.82) is 0 Å². The van der Waals surface area contributed by atoms with Crippen LogP contribution in [0.3, 0.4) is 0 Å². The van der Waals surface area contributed by atoms with E-state index in [9.17, 15) is 0 Å². The number of benzene rings is 4. The van der Waals surface area contributed by atoms with Crippen molar-refractivity contribution in [1.82, 2.24) is 4.98 Å². The summed E-state index contributed by atoms with van der Waals surface area (Å²) in [5.41, 5.74) is 1.11. The lowest BCUT2D eigenvalue weighted by Crippen LogP contribution is -1.88. The lowest BCUT2D eigenvalue weighted by Gasteiger charge is -2.12. The Morgan fingerprint density at radius 3 is 1.86 bits per heavy atom. The van der Waals surface area contributed by atoms with Gasteiger partial charge in [-0.2, -0.15) is 0 Å². The Hall–Kier alpha value is -2.61. The number of aromatic nitrogens is 1. The van der Waals surface area contributed by atoms with Crippen molar-refractivity contribution in [2.45, 2.75) is 0 Å². The molecule has 21 heavy (non-hydrogen) atoms. The van der Waals surface area contributed by atoms with Crippen molar-refractivity contribution in [3.05, 3.63) is 66.9 Å². The summed E-state index contributed by atoms with van der Waals surface area (Å²) in [6, 6.07) is 21.6. The first-order chi connectivity index (χ1) is 9.93. The van der Waals surface area contributed by atoms with Gasteiger partial charge in [-0.15, -0.1) is 0 Å². The number of nitrogens with zero attached hydrogens (tertiary/aromatic N) is 1. The summed E-state index contributed by atoms with van der Waals surface area (Å²) in [6.07, 6.45) is 1.91. The second kappa shape index (κ2) is 4.19. The number of fused-ring (bicyclic) bond motifs is 2. The highest BCUT2D eigenvalue weighted by Crippen LogP contribution is 2.38. The molecule has 5 rings (SSSR count). The van der Waals surface area contributed by atoms with Crippen LogP contribution in [0.15, 0.2) is 66.9 Å². The Balaban J connectivity index is 0.00000115. The van der Waals surface area contributed by atoms with Crippen LogP contribution in [0.2, 0.25) is 0 Å². The molecule has 0 bridgehead atoms. The van der Waals surface area contributed by atoms with Crippen molar-refractivity contribution in [3.63, 3.8) is 0 Å². The summed E-state index contributed by atoms with van der Waals surface area (Å²) < 4.78 is 0. The van der Waals surface area contributed by atoms with Crippen LogP contribution >= 0.6 is 0 Å². The minimum absolute atomic E-state index is 0. The van der Waals surface area contributed by atoms with Gasteiger partial charge in [-0.3, -0.25) is 4.98 Å². The third-order valence-corrected chi connectivity index (χ3v) is 4.24. The molecule has 0 saturated carbocycles. The van der Waals surface area contributed by atoms with Crippen LogP contribution in [-0.4, -0.2) is 13.4 Å². The van der Waals surface area contributed by atoms with Gasteiger partial charge in [-0.1, -0.05) is 54.6 Å². The summed E-state index contributed by atoms with van der Waals surface area (Å²) in [6.45, 7) is 0. The van der Waals surface area contributed by atoms with Gasteiger partial charge in [0.2, 0.25) is 0 Å². The van der Waals surface area contributed by atoms with E-state index in [1.807, 2.05) is 6.20 Å². The minimum atomic E-state index is 0. The molecule has 0 aliphatic carbocycles. The van der Waals surface area contributed by atoms with Crippen LogP contribution in [0.1, 0.15) is 0 Å². The monoisotopic (exact) mass is 264 g/mol. The Bertz CT molecular complexity index is 929. The topological polar surface area (TPSA) is 12.9 Å². The molecule has 0 spiro atoms. The summed E-state index contributed by atoms with van der Waals surface area (Å²) in [5, 5.41) is 9.03. The van der Waals surface area contributed by atoms with Gasteiger partial charge < -0.3 is 0 Å². The fourth-order valence-electron chi connectivity index (χ4n) is 3.42. The SMILES string of the molecule is [B].c1cc2cccc3c4nccc5cccc(c(c1)c23)c54. The Labute approximate surface area is 124 Å². The van der Waals surface area contributed by atoms with Crippen molar-refractivity contribution in [2.24, 2.45) is 0 Å². The van der Waals surface area contributed by atoms with E-state index >= 15 is 0 Å². The molecule has 1 heterocycles. The molecule has 5 aromatic rings. The van der Waals surface area contributed by atoms with E-state index in [-0.39, 0.29) is 8.41 Å². The van der Waals surface area contributed by atoms with Gasteiger partial charge in [-0.25, -0.2) is 0 Å². The van der Waals surface area contributed by atoms with Crippen LogP contribution in [0.25, 0.3) is 43.2 Å². The van der Waals surface area contributed by atoms with Gasteiger partial charge in [0.1, 0.15) is 0 Å². The van der Waals surface area contributed by atoms with Crippen molar-refractivity contribution >= 4 is 51.6 Å². The summed E-state index contributed by atoms with van der Waals surface area (Å²) in [5.74, 6) is 0. The molecule has 1 aromatic heterocycles. The quantitative estimate of drug-likeness (QED) is 0.223. The summed E-state index contributed by atoms with van der Waals surface area (Å²) >= 11 is 0. The highest BCUT2D eigenvalue weighted by Gasteiger charge is 2.12. The van der Waals surface area contributed by atoms with Gasteiger partial charge in [0.05, 0.1) is 5.52 Å². The average molecular weight is 264 g/mol. The molecule has 95 valence electrons. The number of hydrogen-bond donors (Lipinski definition) is 0. The highest BCUT2D eigenvalue weighted by atomic mass is 14.6. The molecule has 0 unspecified atom stereocenters. The zero-order chi connectivity index (χ0) is 13.1. The number of rotatable bonds is 0. The molecule has 0 fully saturated rings. The van der Waals surface area contributed by atoms with Gasteiger partial charge >= 0.3 is 0 Å². The second-order valence-electron chi connectivity index (χ2n) is 5.27. The Kier molecular flexibility index (Phi) is 2.43. The molecule has 1 nitrogen and oxygen atoms in total. The first-order valence-electron chi connectivity index (χ1n) is 6.84. The average Bonchev–Trinajstić information content (AvgIpc) is 2.52. The van der Waals surface area contributed by atoms with Gasteiger partial charge in [0.15, 0.2) is 0 Å². The van der Waals surface area contributed by atoms with Crippen LogP contribution < -0.4 is 0 Å². The fourth-order valence-corrected chi connectivity index (χ4v) is 3.42. The van der Waals surface area contributed by atoms with Gasteiger partial charge in [0.25, 0.3) is 0 Å². The van der Waals surface area contributed by atoms with Crippen molar-refractivity contribution < 1.29 is 0 Å². The van der Waals surface area contributed by atoms with E-state index in [1.54, 1.807) is 0 Å². The third-order valence-electron chi connectivity index (χ3n) is 4.24. The molecule has 0 saturated heterocycles. The maximum absolute atomic E-state index is 4.66. The van der Waals surface area contributed by atoms with E-state index in [4.69, 9.17) is 0 Å². The molecule has 0 N–H and O–H groups in total. The lowest BCUT2D eigenvalue weighted by molar-refractivity contribution is 1.44. The molecule has 3 radical (unpaired) electrons. The second-order valence-corrected chi connectivity index (χ2v) is 5.27. The molecule has 0 atom stereocenters. The van der Waals surface area contributed by atoms with E-state index in [1.165, 1.54) is 37.7 Å². The maximum Gasteiger partial charge on any atom is 0.0792 e. The zero-order valence-corrected chi connectivity index (χ0v) is 11.4. The third kappa shape index (κ3) is 1.45. The first-order valence-corrected chi connectivity index (χ1v) is 6.84. The van der Waals surface area contributed by atoms with E-state index < -0.39 is 0 Å². The van der Waals surface area contributed by atoms with Crippen LogP contribution in [-0.2, 0) is 0 Å². The smallest absolute Gasteiger partial charge is 0.0792 e. The van der Waals surface area contributed by atoms with Gasteiger partial charge in [0, 0.05) is 25.4 Å². The molecule has 2 heteroatoms. The largest absolute Gasteiger partial charge is 0.256 e. The molecular formula is C19H11BN. The zero-order valence-electron chi connectivity index (χ0n) is 11.4. The predicted molar refractivity (Wildman–Crippen MR) is 91.2 cm³/mol. The lowest BCUT2D eigenvalue weighted by atomic mass is 9.92. The predicted octanol–water partition coefficient (Wildman–Crippen LogP) is 4.75. The Morgan fingerprint density at radius 2 is 1.14 bits per heavy atom. The maximum atomic E-state index is 4.66. The molecule has 4 aromatic carbocycles. The Morgan fingerprint density at radius 1 is 0.571 bits per heavy atom. The summed E-state index contributed by atoms with van der Waals surface area (Å²) in [7, 11) is 0. The van der Waals surface area contributed by atoms with Crippen molar-refractivity contribution in [2.75, 3.05) is 0 Å². The number of hydrogen-bond acceptors (Lipinski definition) is 1. The first kappa shape index (κ1) is 12.2. The van der Waals surface area contributed by atoms with E-state index in [0.717, 1.165) is 5.52 Å². The van der Waals surface area contributed by atoms with Crippen molar-refractivity contribution in [3.8, 4) is 0 Å². The van der Waals surface area contributed by atoms with E-state index in [2.05, 4.69) is 65.6 Å². The molecule has 0 amide bonds.